The van der Waals surface area contributed by atoms with Gasteiger partial charge in [0.05, 0.1) is 7.11 Å². The molecule has 2 amide bonds. The zero-order valence-electron chi connectivity index (χ0n) is 21.0. The van der Waals surface area contributed by atoms with Crippen molar-refractivity contribution in [3.63, 3.8) is 0 Å². The van der Waals surface area contributed by atoms with Gasteiger partial charge in [0.25, 0.3) is 0 Å². The molecule has 0 heterocycles. The van der Waals surface area contributed by atoms with Crippen LogP contribution in [0.4, 0.5) is 4.79 Å². The summed E-state index contributed by atoms with van der Waals surface area (Å²) in [6.45, 7) is 4.07. The third-order valence-electron chi connectivity index (χ3n) is 6.42. The molecule has 0 aliphatic heterocycles. The number of carbonyl (C=O) groups excluding carboxylic acids is 4. The minimum Gasteiger partial charge on any atom is -0.467 e. The van der Waals surface area contributed by atoms with Gasteiger partial charge >= 0.3 is 18.0 Å². The van der Waals surface area contributed by atoms with Crippen molar-refractivity contribution >= 4 is 23.9 Å². The van der Waals surface area contributed by atoms with Crippen LogP contribution < -0.4 is 5.32 Å². The predicted molar refractivity (Wildman–Crippen MR) is 132 cm³/mol. The number of benzene rings is 2. The van der Waals surface area contributed by atoms with Crippen LogP contribution in [0.25, 0.3) is 11.1 Å². The van der Waals surface area contributed by atoms with E-state index in [1.807, 2.05) is 55.5 Å². The monoisotopic (exact) mass is 496 g/mol. The van der Waals surface area contributed by atoms with Crippen molar-refractivity contribution in [1.82, 2.24) is 10.2 Å². The lowest BCUT2D eigenvalue weighted by Crippen LogP contribution is -2.53. The van der Waals surface area contributed by atoms with Crippen molar-refractivity contribution in [2.24, 2.45) is 5.92 Å². The van der Waals surface area contributed by atoms with E-state index in [9.17, 15) is 19.2 Å². The van der Waals surface area contributed by atoms with E-state index < -0.39 is 43.3 Å². The SMILES string of the molecule is CC[C@H](C)[C@@H](C(=O)OC)N(COC(C)=O)C(=O)CNC(=O)OCC1c2ccccc2-c2ccccc21. The largest absolute Gasteiger partial charge is 0.467 e. The molecule has 0 spiro atoms. The van der Waals surface area contributed by atoms with Gasteiger partial charge in [0.15, 0.2) is 6.73 Å². The van der Waals surface area contributed by atoms with Gasteiger partial charge in [0.2, 0.25) is 5.91 Å². The molecule has 2 aromatic carbocycles. The van der Waals surface area contributed by atoms with Crippen LogP contribution in [0.5, 0.6) is 0 Å². The third kappa shape index (κ3) is 6.02. The van der Waals surface area contributed by atoms with Crippen molar-refractivity contribution < 1.29 is 33.4 Å². The summed E-state index contributed by atoms with van der Waals surface area (Å²) in [4.78, 5) is 50.4. The smallest absolute Gasteiger partial charge is 0.407 e. The van der Waals surface area contributed by atoms with Crippen LogP contribution in [0, 0.1) is 5.92 Å². The summed E-state index contributed by atoms with van der Waals surface area (Å²) in [5.74, 6) is -2.24. The van der Waals surface area contributed by atoms with E-state index in [0.29, 0.717) is 6.42 Å². The van der Waals surface area contributed by atoms with Gasteiger partial charge < -0.3 is 19.5 Å². The fraction of sp³-hybridized carbons (Fsp3) is 0.407. The maximum absolute atomic E-state index is 13.0. The minimum atomic E-state index is -0.976. The summed E-state index contributed by atoms with van der Waals surface area (Å²) in [6.07, 6.45) is -0.195. The number of carbonyl (C=O) groups is 4. The summed E-state index contributed by atoms with van der Waals surface area (Å²) in [5, 5.41) is 2.45. The molecule has 1 N–H and O–H groups in total. The van der Waals surface area contributed by atoms with Crippen molar-refractivity contribution in [2.45, 2.75) is 39.2 Å². The maximum Gasteiger partial charge on any atom is 0.407 e. The van der Waals surface area contributed by atoms with Gasteiger partial charge in [-0.25, -0.2) is 9.59 Å². The van der Waals surface area contributed by atoms with Crippen LogP contribution in [0.1, 0.15) is 44.2 Å². The van der Waals surface area contributed by atoms with Crippen molar-refractivity contribution in [3.8, 4) is 11.1 Å². The van der Waals surface area contributed by atoms with Crippen LogP contribution in [-0.2, 0) is 28.6 Å². The molecule has 36 heavy (non-hydrogen) atoms. The number of alkyl carbamates (subject to hydrolysis) is 1. The van der Waals surface area contributed by atoms with Crippen LogP contribution >= 0.6 is 0 Å². The Labute approximate surface area is 210 Å². The number of hydrogen-bond acceptors (Lipinski definition) is 7. The number of ether oxygens (including phenoxy) is 3. The Kier molecular flexibility index (Phi) is 9.05. The minimum absolute atomic E-state index is 0.100. The summed E-state index contributed by atoms with van der Waals surface area (Å²) in [5.41, 5.74) is 4.36. The number of hydrogen-bond donors (Lipinski definition) is 1. The Morgan fingerprint density at radius 1 is 0.972 bits per heavy atom. The predicted octanol–water partition coefficient (Wildman–Crippen LogP) is 3.46. The average molecular weight is 497 g/mol. The van der Waals surface area contributed by atoms with Crippen molar-refractivity contribution in [1.29, 1.82) is 0 Å². The Bertz CT molecular complexity index is 1070. The number of fused-ring (bicyclic) bond motifs is 3. The fourth-order valence-corrected chi connectivity index (χ4v) is 4.38. The molecule has 9 heteroatoms. The summed E-state index contributed by atoms with van der Waals surface area (Å²) in [7, 11) is 1.22. The average Bonchev–Trinajstić information content (AvgIpc) is 3.21. The molecule has 0 saturated carbocycles. The van der Waals surface area contributed by atoms with E-state index in [2.05, 4.69) is 5.32 Å². The van der Waals surface area contributed by atoms with Gasteiger partial charge in [-0.3, -0.25) is 14.5 Å². The Morgan fingerprint density at radius 3 is 2.08 bits per heavy atom. The lowest BCUT2D eigenvalue weighted by atomic mass is 9.98. The molecule has 2 aromatic rings. The van der Waals surface area contributed by atoms with E-state index in [-0.39, 0.29) is 18.4 Å². The molecular weight excluding hydrogens is 464 g/mol. The molecule has 3 rings (SSSR count). The van der Waals surface area contributed by atoms with E-state index in [1.165, 1.54) is 14.0 Å². The van der Waals surface area contributed by atoms with E-state index in [4.69, 9.17) is 14.2 Å². The van der Waals surface area contributed by atoms with Crippen molar-refractivity contribution in [2.75, 3.05) is 27.0 Å². The number of esters is 2. The first-order valence-corrected chi connectivity index (χ1v) is 11.9. The molecule has 192 valence electrons. The zero-order chi connectivity index (χ0) is 26.2. The van der Waals surface area contributed by atoms with Gasteiger partial charge in [-0.05, 0) is 28.2 Å². The highest BCUT2D eigenvalue weighted by Gasteiger charge is 2.35. The molecule has 1 aliphatic rings. The third-order valence-corrected chi connectivity index (χ3v) is 6.42. The van der Waals surface area contributed by atoms with Gasteiger partial charge in [0.1, 0.15) is 19.2 Å². The molecule has 0 fully saturated rings. The van der Waals surface area contributed by atoms with Gasteiger partial charge in [-0.1, -0.05) is 68.8 Å². The molecule has 0 bridgehead atoms. The van der Waals surface area contributed by atoms with Gasteiger partial charge in [0, 0.05) is 12.8 Å². The number of nitrogens with zero attached hydrogens (tertiary/aromatic N) is 1. The van der Waals surface area contributed by atoms with Gasteiger partial charge in [-0.15, -0.1) is 0 Å². The Balaban J connectivity index is 1.64. The number of methoxy groups -OCH3 is 1. The van der Waals surface area contributed by atoms with Gasteiger partial charge in [-0.2, -0.15) is 0 Å². The Morgan fingerprint density at radius 2 is 1.56 bits per heavy atom. The second kappa shape index (κ2) is 12.2. The summed E-state index contributed by atoms with van der Waals surface area (Å²) in [6, 6.07) is 15.0. The highest BCUT2D eigenvalue weighted by molar-refractivity contribution is 5.87. The Hall–Kier alpha value is -3.88. The lowest BCUT2D eigenvalue weighted by molar-refractivity contribution is -0.165. The van der Waals surface area contributed by atoms with Crippen LogP contribution in [0.2, 0.25) is 0 Å². The second-order valence-corrected chi connectivity index (χ2v) is 8.66. The first kappa shape index (κ1) is 26.7. The van der Waals surface area contributed by atoms with Crippen molar-refractivity contribution in [3.05, 3.63) is 59.7 Å². The number of nitrogens with one attached hydrogen (secondary N) is 1. The number of amides is 2. The highest BCUT2D eigenvalue weighted by atomic mass is 16.6. The van der Waals surface area contributed by atoms with E-state index >= 15 is 0 Å². The zero-order valence-corrected chi connectivity index (χ0v) is 21.0. The standard InChI is InChI=1S/C27H32N2O7/c1-5-17(2)25(26(32)34-4)29(16-36-18(3)30)24(31)14-28-27(33)35-15-23-21-12-8-6-10-19(21)20-11-7-9-13-22(20)23/h6-13,17,23,25H,5,14-16H2,1-4H3,(H,28,33)/t17-,25-/m0/s1. The molecular formula is C27H32N2O7. The van der Waals surface area contributed by atoms with E-state index in [0.717, 1.165) is 27.2 Å². The molecule has 9 nitrogen and oxygen atoms in total. The van der Waals surface area contributed by atoms with Crippen LogP contribution in [-0.4, -0.2) is 61.9 Å². The second-order valence-electron chi connectivity index (χ2n) is 8.66. The van der Waals surface area contributed by atoms with E-state index in [1.54, 1.807) is 6.92 Å². The maximum atomic E-state index is 13.0. The fourth-order valence-electron chi connectivity index (χ4n) is 4.38. The summed E-state index contributed by atoms with van der Waals surface area (Å²) >= 11 is 0. The van der Waals surface area contributed by atoms with Crippen LogP contribution in [0.15, 0.2) is 48.5 Å². The quantitative estimate of drug-likeness (QED) is 0.305. The molecule has 0 aromatic heterocycles. The normalized spacial score (nSPS) is 13.6. The molecule has 0 radical (unpaired) electrons. The first-order valence-electron chi connectivity index (χ1n) is 11.9. The molecule has 1 aliphatic carbocycles. The first-order chi connectivity index (χ1) is 17.3. The molecule has 0 unspecified atom stereocenters. The highest BCUT2D eigenvalue weighted by Crippen LogP contribution is 2.44. The molecule has 0 saturated heterocycles. The topological polar surface area (TPSA) is 111 Å². The summed E-state index contributed by atoms with van der Waals surface area (Å²) < 4.78 is 15.3. The molecule has 2 atom stereocenters. The number of rotatable bonds is 10. The van der Waals surface area contributed by atoms with Crippen LogP contribution in [0.3, 0.4) is 0 Å². The lowest BCUT2D eigenvalue weighted by Gasteiger charge is -2.32.